The fourth-order valence-electron chi connectivity index (χ4n) is 3.88. The standard InChI is InChI=1S/C18H19N5O.C18H2.HN5O.8H2/c1-9-8-19-23(5)18(9)14-6-13(16-10(2)22-24-11(16)3)7-15-17(14)21-12(4)20-15;1-3-5-7-9-11-13-15-17-18-16-14-12-10-8-6-4-2;1-2-3-4-5-6;;;;;;;;/h6-8H,1-5H3,(H,20,21);1-2H;1H;8*1H/b;;2-1?,4-3+;;;;;;;;. The van der Waals surface area contributed by atoms with Crippen LogP contribution < -0.4 is 0 Å². The Morgan fingerprint density at radius 1 is 0.854 bits per heavy atom. The first-order chi connectivity index (χ1) is 23.3. The molecule has 0 aliphatic carbocycles. The number of terminal acetylenes is 2. The molecule has 0 fully saturated rings. The number of aromatic nitrogens is 5. The SMILES string of the molecule is C#CC#CC#CC#CC#CC#CC#CC#CC#C.Cc1nc2c(-c3c(C)cnn3C)cc(-c3c(C)noc3C)cc2[nH]1.N=N/N=N/N=O.[HH].[HH].[HH].[HH].[HH].[HH].[HH].[HH]. The number of fused-ring (bicyclic) bond motifs is 1. The molecule has 0 atom stereocenters. The van der Waals surface area contributed by atoms with Gasteiger partial charge in [0, 0.05) is 34.8 Å². The second kappa shape index (κ2) is 20.0. The van der Waals surface area contributed by atoms with Gasteiger partial charge < -0.3 is 9.51 Å². The Bertz CT molecular complexity index is 2330. The fourth-order valence-corrected chi connectivity index (χ4v) is 3.88. The molecule has 0 aliphatic heterocycles. The molecule has 12 heteroatoms. The molecule has 0 saturated heterocycles. The highest BCUT2D eigenvalue weighted by molar-refractivity contribution is 5.96. The number of aryl methyl sites for hydroxylation is 5. The molecule has 12 nitrogen and oxygen atoms in total. The molecule has 3 heterocycles. The average Bonchev–Trinajstić information content (AvgIpc) is 3.74. The Hall–Kier alpha value is -8.05. The maximum Gasteiger partial charge on any atom is 0.141 e. The van der Waals surface area contributed by atoms with Gasteiger partial charge in [-0.2, -0.15) is 10.6 Å². The van der Waals surface area contributed by atoms with Crippen LogP contribution in [-0.4, -0.2) is 24.9 Å². The lowest BCUT2D eigenvalue weighted by atomic mass is 9.98. The van der Waals surface area contributed by atoms with E-state index >= 15 is 0 Å². The molecule has 0 radical (unpaired) electrons. The highest BCUT2D eigenvalue weighted by Gasteiger charge is 2.19. The average molecular weight is 643 g/mol. The maximum absolute atomic E-state index is 8.91. The lowest BCUT2D eigenvalue weighted by Crippen LogP contribution is -1.96. The minimum Gasteiger partial charge on any atom is -0.361 e. The van der Waals surface area contributed by atoms with Crippen LogP contribution in [0.1, 0.15) is 34.3 Å². The number of hydrogen-bond acceptors (Lipinski definition) is 6. The van der Waals surface area contributed by atoms with E-state index in [1.807, 2.05) is 44.0 Å². The summed E-state index contributed by atoms with van der Waals surface area (Å²) in [5, 5.41) is 17.7. The molecule has 0 spiro atoms. The Kier molecular flexibility index (Phi) is 15.1. The van der Waals surface area contributed by atoms with Crippen LogP contribution in [0.15, 0.2) is 43.8 Å². The predicted octanol–water partition coefficient (Wildman–Crippen LogP) is 7.16. The first-order valence-corrected chi connectivity index (χ1v) is 13.2. The highest BCUT2D eigenvalue weighted by atomic mass is 16.5. The Morgan fingerprint density at radius 3 is 1.79 bits per heavy atom. The zero-order valence-corrected chi connectivity index (χ0v) is 26.3. The molecule has 0 saturated carbocycles. The van der Waals surface area contributed by atoms with Crippen molar-refractivity contribution in [1.82, 2.24) is 24.9 Å². The predicted molar refractivity (Wildman–Crippen MR) is 198 cm³/mol. The van der Waals surface area contributed by atoms with Crippen molar-refractivity contribution in [3.05, 3.63) is 46.1 Å². The van der Waals surface area contributed by atoms with Crippen molar-refractivity contribution >= 4 is 11.0 Å². The molecule has 0 bridgehead atoms. The number of hydrogen-bond donors (Lipinski definition) is 2. The van der Waals surface area contributed by atoms with Crippen LogP contribution in [0.25, 0.3) is 33.4 Å². The van der Waals surface area contributed by atoms with Gasteiger partial charge in [-0.1, -0.05) is 5.16 Å². The first-order valence-electron chi connectivity index (χ1n) is 13.2. The Balaban J connectivity index is -0.000000136. The lowest BCUT2D eigenvalue weighted by Gasteiger charge is -2.09. The normalized spacial score (nSPS) is 8.23. The van der Waals surface area contributed by atoms with E-state index in [2.05, 4.69) is 150 Å². The molecule has 3 aromatic heterocycles. The Labute approximate surface area is 289 Å². The fraction of sp³-hybridized carbons (Fsp3) is 0.139. The minimum atomic E-state index is 0. The molecular formula is C36H38N10O2. The van der Waals surface area contributed by atoms with Crippen LogP contribution >= 0.6 is 0 Å². The third-order valence-corrected chi connectivity index (χ3v) is 5.48. The van der Waals surface area contributed by atoms with E-state index in [0.29, 0.717) is 0 Å². The molecule has 0 unspecified atom stereocenters. The minimum absolute atomic E-state index is 0. The van der Waals surface area contributed by atoms with Gasteiger partial charge in [-0.15, -0.1) is 17.8 Å². The van der Waals surface area contributed by atoms with Crippen LogP contribution in [0, 0.1) is 146 Å². The summed E-state index contributed by atoms with van der Waals surface area (Å²) in [6, 6.07) is 4.26. The van der Waals surface area contributed by atoms with Crippen molar-refractivity contribution in [3.63, 3.8) is 0 Å². The number of rotatable bonds is 4. The number of benzene rings is 1. The summed E-state index contributed by atoms with van der Waals surface area (Å²) in [4.78, 5) is 16.9. The summed E-state index contributed by atoms with van der Waals surface area (Å²) in [7, 11) is 1.95. The topological polar surface area (TPSA) is 163 Å². The van der Waals surface area contributed by atoms with E-state index < -0.39 is 0 Å². The van der Waals surface area contributed by atoms with Crippen molar-refractivity contribution < 1.29 is 15.9 Å². The summed E-state index contributed by atoms with van der Waals surface area (Å²) in [5.74, 6) is 39.9. The van der Waals surface area contributed by atoms with Gasteiger partial charge in [0.25, 0.3) is 0 Å². The van der Waals surface area contributed by atoms with E-state index in [4.69, 9.17) is 27.8 Å². The quantitative estimate of drug-likeness (QED) is 0.104. The third-order valence-electron chi connectivity index (χ3n) is 5.48. The van der Waals surface area contributed by atoms with Gasteiger partial charge in [-0.25, -0.2) is 4.98 Å². The number of imidazole rings is 1. The molecular weight excluding hydrogens is 604 g/mol. The molecule has 0 amide bonds. The zero-order valence-electron chi connectivity index (χ0n) is 26.3. The molecule has 4 aromatic rings. The van der Waals surface area contributed by atoms with E-state index in [0.717, 1.165) is 56.3 Å². The second-order valence-corrected chi connectivity index (χ2v) is 8.64. The van der Waals surface area contributed by atoms with Gasteiger partial charge in [-0.05, 0) is 156 Å². The van der Waals surface area contributed by atoms with Crippen LogP contribution in [0.3, 0.4) is 0 Å². The van der Waals surface area contributed by atoms with Gasteiger partial charge in [0.15, 0.2) is 0 Å². The van der Waals surface area contributed by atoms with Crippen molar-refractivity contribution in [3.8, 4) is 130 Å². The van der Waals surface area contributed by atoms with Crippen molar-refractivity contribution in [2.24, 2.45) is 28.0 Å². The number of nitrogens with zero attached hydrogens (tertiary/aromatic N) is 8. The second-order valence-electron chi connectivity index (χ2n) is 8.64. The van der Waals surface area contributed by atoms with Gasteiger partial charge in [-0.3, -0.25) is 4.68 Å². The van der Waals surface area contributed by atoms with Crippen molar-refractivity contribution in [2.45, 2.75) is 27.7 Å². The zero-order chi connectivity index (χ0) is 35.1. The van der Waals surface area contributed by atoms with Gasteiger partial charge in [0.05, 0.1) is 28.6 Å². The smallest absolute Gasteiger partial charge is 0.141 e. The number of aromatic amines is 1. The Morgan fingerprint density at radius 2 is 1.40 bits per heavy atom. The van der Waals surface area contributed by atoms with Gasteiger partial charge >= 0.3 is 0 Å². The van der Waals surface area contributed by atoms with Crippen LogP contribution in [0.4, 0.5) is 0 Å². The van der Waals surface area contributed by atoms with E-state index in [1.54, 1.807) is 0 Å². The van der Waals surface area contributed by atoms with Gasteiger partial charge in [0.2, 0.25) is 0 Å². The summed E-state index contributed by atoms with van der Waals surface area (Å²) in [5.41, 5.74) is 14.1. The number of nitroso groups, excluding NO2 is 1. The summed E-state index contributed by atoms with van der Waals surface area (Å²) < 4.78 is 7.25. The molecule has 0 aliphatic rings. The molecule has 244 valence electrons. The van der Waals surface area contributed by atoms with Crippen molar-refractivity contribution in [1.29, 1.82) is 5.53 Å². The lowest BCUT2D eigenvalue weighted by molar-refractivity contribution is 0.393. The molecule has 2 N–H and O–H groups in total. The van der Waals surface area contributed by atoms with E-state index in [1.165, 1.54) is 0 Å². The van der Waals surface area contributed by atoms with E-state index in [-0.39, 0.29) is 11.4 Å². The van der Waals surface area contributed by atoms with Crippen LogP contribution in [-0.2, 0) is 7.05 Å². The van der Waals surface area contributed by atoms with Crippen LogP contribution in [0.5, 0.6) is 0 Å². The molecule has 48 heavy (non-hydrogen) atoms. The van der Waals surface area contributed by atoms with Gasteiger partial charge in [0.1, 0.15) is 16.9 Å². The van der Waals surface area contributed by atoms with Crippen molar-refractivity contribution in [2.75, 3.05) is 0 Å². The first kappa shape index (κ1) is 36.1. The number of H-pyrrole nitrogens is 1. The highest BCUT2D eigenvalue weighted by Crippen LogP contribution is 2.36. The maximum atomic E-state index is 8.91. The summed E-state index contributed by atoms with van der Waals surface area (Å²) >= 11 is 0. The molecule has 4 rings (SSSR count). The monoisotopic (exact) mass is 642 g/mol. The largest absolute Gasteiger partial charge is 0.361 e. The van der Waals surface area contributed by atoms with Crippen LogP contribution in [0.2, 0.25) is 0 Å². The molecule has 1 aromatic carbocycles. The number of nitrogens with one attached hydrogen (secondary N) is 2. The third kappa shape index (κ3) is 11.2. The summed E-state index contributed by atoms with van der Waals surface area (Å²) in [6.07, 6.45) is 11.6. The summed E-state index contributed by atoms with van der Waals surface area (Å²) in [6.45, 7) is 7.93. The van der Waals surface area contributed by atoms with E-state index in [9.17, 15) is 0 Å².